The summed E-state index contributed by atoms with van der Waals surface area (Å²) in [4.78, 5) is 39.6. The van der Waals surface area contributed by atoms with Crippen LogP contribution in [0.15, 0.2) is 108 Å². The Hall–Kier alpha value is -4.25. The van der Waals surface area contributed by atoms with Crippen LogP contribution in [0, 0.1) is 0 Å². The Bertz CT molecular complexity index is 1720. The lowest BCUT2D eigenvalue weighted by Gasteiger charge is -2.17. The van der Waals surface area contributed by atoms with Crippen molar-refractivity contribution in [2.24, 2.45) is 0 Å². The lowest BCUT2D eigenvalue weighted by atomic mass is 10.1. The van der Waals surface area contributed by atoms with Gasteiger partial charge in [0.1, 0.15) is 5.70 Å². The van der Waals surface area contributed by atoms with Crippen LogP contribution in [-0.4, -0.2) is 23.0 Å². The molecule has 1 atom stereocenters. The highest BCUT2D eigenvalue weighted by Gasteiger charge is 2.34. The number of halogens is 5. The van der Waals surface area contributed by atoms with Gasteiger partial charge in [-0.05, 0) is 73.2 Å². The minimum atomic E-state index is -4.71. The van der Waals surface area contributed by atoms with Crippen LogP contribution in [0.5, 0.6) is 0 Å². The lowest BCUT2D eigenvalue weighted by molar-refractivity contribution is -0.137. The number of hydrogen-bond acceptors (Lipinski definition) is 4. The highest BCUT2D eigenvalue weighted by Crippen LogP contribution is 2.37. The minimum absolute atomic E-state index is 0.0683. The number of hydrogen-bond donors (Lipinski definition) is 3. The van der Waals surface area contributed by atoms with E-state index in [9.17, 15) is 27.6 Å². The number of benzene rings is 4. The van der Waals surface area contributed by atoms with Gasteiger partial charge in [0.25, 0.3) is 11.8 Å². The van der Waals surface area contributed by atoms with Crippen LogP contribution >= 0.6 is 35.0 Å². The van der Waals surface area contributed by atoms with Crippen LogP contribution in [0.1, 0.15) is 28.4 Å². The first-order valence-electron chi connectivity index (χ1n) is 13.0. The zero-order valence-corrected chi connectivity index (χ0v) is 25.2. The molecule has 0 saturated carbocycles. The molecule has 4 aromatic carbocycles. The normalized spacial score (nSPS) is 12.3. The molecule has 6 nitrogen and oxygen atoms in total. The Morgan fingerprint density at radius 1 is 0.841 bits per heavy atom. The Morgan fingerprint density at radius 3 is 2.25 bits per heavy atom. The molecule has 3 amide bonds. The van der Waals surface area contributed by atoms with E-state index >= 15 is 0 Å². The molecule has 0 spiro atoms. The predicted molar refractivity (Wildman–Crippen MR) is 169 cm³/mol. The van der Waals surface area contributed by atoms with Crippen molar-refractivity contribution in [2.45, 2.75) is 23.2 Å². The molecular formula is C32H24Cl2F3N3O3S. The Labute approximate surface area is 265 Å². The summed E-state index contributed by atoms with van der Waals surface area (Å²) in [6.45, 7) is 1.54. The first-order valence-corrected chi connectivity index (χ1v) is 14.6. The van der Waals surface area contributed by atoms with Crippen LogP contribution in [0.25, 0.3) is 6.08 Å². The molecule has 0 aliphatic carbocycles. The van der Waals surface area contributed by atoms with E-state index in [2.05, 4.69) is 16.0 Å². The van der Waals surface area contributed by atoms with Gasteiger partial charge in [-0.1, -0.05) is 65.7 Å². The molecule has 0 saturated heterocycles. The molecule has 226 valence electrons. The van der Waals surface area contributed by atoms with Gasteiger partial charge in [0, 0.05) is 26.2 Å². The van der Waals surface area contributed by atoms with Crippen LogP contribution in [0.4, 0.5) is 24.5 Å². The summed E-state index contributed by atoms with van der Waals surface area (Å²) < 4.78 is 40.3. The maximum Gasteiger partial charge on any atom is 0.418 e. The van der Waals surface area contributed by atoms with Crippen LogP contribution in [0.3, 0.4) is 0 Å². The van der Waals surface area contributed by atoms with Crippen molar-refractivity contribution < 1.29 is 27.6 Å². The zero-order chi connectivity index (χ0) is 31.9. The fourth-order valence-corrected chi connectivity index (χ4v) is 5.18. The van der Waals surface area contributed by atoms with Gasteiger partial charge in [-0.2, -0.15) is 13.2 Å². The molecule has 12 heteroatoms. The van der Waals surface area contributed by atoms with Crippen LogP contribution in [0.2, 0.25) is 10.0 Å². The third kappa shape index (κ3) is 8.89. The standard InChI is InChI=1S/C32H24Cl2F3N3O3S/c1-19(29(41)39-27-15-14-22(33)17-25(27)32(35,36)37)44-24-12-7-11-23(18-24)38-31(43)28(16-21-10-5-6-13-26(21)34)40-30(42)20-8-3-2-4-9-20/h2-19H,1H3,(H,38,43)(H,39,41)(H,40,42)/b28-16+. The minimum Gasteiger partial charge on any atom is -0.325 e. The number of thioether (sulfide) groups is 1. The van der Waals surface area contributed by atoms with Crippen molar-refractivity contribution in [1.29, 1.82) is 0 Å². The Morgan fingerprint density at radius 2 is 1.55 bits per heavy atom. The summed E-state index contributed by atoms with van der Waals surface area (Å²) in [5, 5.41) is 7.15. The molecule has 0 aliphatic heterocycles. The molecule has 0 radical (unpaired) electrons. The number of nitrogens with one attached hydrogen (secondary N) is 3. The first-order chi connectivity index (χ1) is 20.9. The van der Waals surface area contributed by atoms with Gasteiger partial charge >= 0.3 is 6.18 Å². The van der Waals surface area contributed by atoms with Gasteiger partial charge in [-0.15, -0.1) is 11.8 Å². The molecule has 3 N–H and O–H groups in total. The van der Waals surface area contributed by atoms with E-state index in [0.717, 1.165) is 23.9 Å². The quantitative estimate of drug-likeness (QED) is 0.124. The van der Waals surface area contributed by atoms with E-state index < -0.39 is 40.4 Å². The van der Waals surface area contributed by atoms with Crippen LogP contribution < -0.4 is 16.0 Å². The second kappa shape index (κ2) is 14.5. The number of carbonyl (C=O) groups excluding carboxylic acids is 3. The number of anilines is 2. The van der Waals surface area contributed by atoms with E-state index in [4.69, 9.17) is 23.2 Å². The van der Waals surface area contributed by atoms with Crippen molar-refractivity contribution in [3.63, 3.8) is 0 Å². The SMILES string of the molecule is CC(Sc1cccc(NC(=O)/C(=C\c2ccccc2Cl)NC(=O)c2ccccc2)c1)C(=O)Nc1ccc(Cl)cc1C(F)(F)F. The Kier molecular flexibility index (Phi) is 10.7. The summed E-state index contributed by atoms with van der Waals surface area (Å²) in [5.74, 6) is -1.80. The van der Waals surface area contributed by atoms with Gasteiger partial charge in [-0.3, -0.25) is 14.4 Å². The average Bonchev–Trinajstić information content (AvgIpc) is 2.98. The highest BCUT2D eigenvalue weighted by atomic mass is 35.5. The molecule has 4 aromatic rings. The van der Waals surface area contributed by atoms with Crippen molar-refractivity contribution in [2.75, 3.05) is 10.6 Å². The molecule has 0 bridgehead atoms. The lowest BCUT2D eigenvalue weighted by Crippen LogP contribution is -2.30. The largest absolute Gasteiger partial charge is 0.418 e. The average molecular weight is 659 g/mol. The van der Waals surface area contributed by atoms with Gasteiger partial charge in [0.2, 0.25) is 5.91 Å². The molecule has 0 heterocycles. The second-order valence-corrected chi connectivity index (χ2v) is 11.6. The second-order valence-electron chi connectivity index (χ2n) is 9.32. The molecule has 44 heavy (non-hydrogen) atoms. The maximum atomic E-state index is 13.4. The van der Waals surface area contributed by atoms with Gasteiger partial charge in [0.05, 0.1) is 16.5 Å². The summed E-state index contributed by atoms with van der Waals surface area (Å²) in [7, 11) is 0. The molecule has 1 unspecified atom stereocenters. The predicted octanol–water partition coefficient (Wildman–Crippen LogP) is 8.54. The van der Waals surface area contributed by atoms with Gasteiger partial charge in [-0.25, -0.2) is 0 Å². The van der Waals surface area contributed by atoms with E-state index in [1.54, 1.807) is 78.9 Å². The monoisotopic (exact) mass is 657 g/mol. The summed E-state index contributed by atoms with van der Waals surface area (Å²) in [5.41, 5.74) is -0.330. The van der Waals surface area contributed by atoms with Crippen molar-refractivity contribution in [1.82, 2.24) is 5.32 Å². The number of carbonyl (C=O) groups is 3. The third-order valence-corrected chi connectivity index (χ3v) is 7.73. The molecule has 4 rings (SSSR count). The number of amides is 3. The van der Waals surface area contributed by atoms with Crippen molar-refractivity contribution >= 4 is 70.1 Å². The molecule has 0 aliphatic rings. The van der Waals surface area contributed by atoms with E-state index in [1.165, 1.54) is 19.1 Å². The number of rotatable bonds is 9. The van der Waals surface area contributed by atoms with Crippen LogP contribution in [-0.2, 0) is 15.8 Å². The smallest absolute Gasteiger partial charge is 0.325 e. The number of alkyl halides is 3. The summed E-state index contributed by atoms with van der Waals surface area (Å²) >= 11 is 13.1. The fourth-order valence-electron chi connectivity index (χ4n) is 3.89. The first kappa shape index (κ1) is 32.7. The van der Waals surface area contributed by atoms with Gasteiger partial charge in [0.15, 0.2) is 0 Å². The zero-order valence-electron chi connectivity index (χ0n) is 22.9. The topological polar surface area (TPSA) is 87.3 Å². The maximum absolute atomic E-state index is 13.4. The fraction of sp³-hybridized carbons (Fsp3) is 0.0938. The van der Waals surface area contributed by atoms with E-state index in [1.807, 2.05) is 0 Å². The van der Waals surface area contributed by atoms with Gasteiger partial charge < -0.3 is 16.0 Å². The summed E-state index contributed by atoms with van der Waals surface area (Å²) in [6.07, 6.45) is -3.26. The molecule has 0 aromatic heterocycles. The third-order valence-electron chi connectivity index (χ3n) is 6.05. The molecular weight excluding hydrogens is 634 g/mol. The Balaban J connectivity index is 1.49. The highest BCUT2D eigenvalue weighted by molar-refractivity contribution is 8.00. The van der Waals surface area contributed by atoms with Crippen molar-refractivity contribution in [3.05, 3.63) is 129 Å². The summed E-state index contributed by atoms with van der Waals surface area (Å²) in [6, 6.07) is 24.8. The molecule has 0 fully saturated rings. The van der Waals surface area contributed by atoms with Crippen molar-refractivity contribution in [3.8, 4) is 0 Å². The van der Waals surface area contributed by atoms with E-state index in [-0.39, 0.29) is 10.7 Å². The van der Waals surface area contributed by atoms with E-state index in [0.29, 0.717) is 26.7 Å².